The first kappa shape index (κ1) is 13.5. The van der Waals surface area contributed by atoms with Gasteiger partial charge in [-0.3, -0.25) is 0 Å². The molecule has 2 nitrogen and oxygen atoms in total. The molecular formula is C15H11BrF2O2. The van der Waals surface area contributed by atoms with Crippen LogP contribution in [0.25, 0.3) is 0 Å². The average Bonchev–Trinajstić information content (AvgIpc) is 2.42. The van der Waals surface area contributed by atoms with Crippen molar-refractivity contribution in [2.24, 2.45) is 0 Å². The highest BCUT2D eigenvalue weighted by Crippen LogP contribution is 2.41. The quantitative estimate of drug-likeness (QED) is 0.839. The molecule has 0 spiro atoms. The molecule has 1 N–H and O–H groups in total. The van der Waals surface area contributed by atoms with E-state index in [4.69, 9.17) is 4.74 Å². The topological polar surface area (TPSA) is 29.5 Å². The fraction of sp³-hybridized carbons (Fsp3) is 0.200. The molecule has 104 valence electrons. The van der Waals surface area contributed by atoms with Gasteiger partial charge in [-0.2, -0.15) is 0 Å². The Hall–Kier alpha value is -1.46. The van der Waals surface area contributed by atoms with Gasteiger partial charge in [-0.15, -0.1) is 0 Å². The van der Waals surface area contributed by atoms with Crippen molar-refractivity contribution >= 4 is 15.9 Å². The van der Waals surface area contributed by atoms with Crippen LogP contribution in [-0.2, 0) is 0 Å². The highest BCUT2D eigenvalue weighted by Gasteiger charge is 2.28. The Balaban J connectivity index is 1.94. The molecule has 1 heterocycles. The van der Waals surface area contributed by atoms with Crippen molar-refractivity contribution in [1.29, 1.82) is 0 Å². The third-order valence-corrected chi connectivity index (χ3v) is 3.85. The molecule has 2 atom stereocenters. The summed E-state index contributed by atoms with van der Waals surface area (Å²) in [5.41, 5.74) is 1.20. The minimum atomic E-state index is -0.915. The van der Waals surface area contributed by atoms with Gasteiger partial charge in [-0.05, 0) is 35.9 Å². The van der Waals surface area contributed by atoms with Crippen LogP contribution in [0.3, 0.4) is 0 Å². The summed E-state index contributed by atoms with van der Waals surface area (Å²) in [6.45, 7) is 0. The Morgan fingerprint density at radius 1 is 1.10 bits per heavy atom. The van der Waals surface area contributed by atoms with Crippen LogP contribution in [0.4, 0.5) is 8.78 Å². The third-order valence-electron chi connectivity index (χ3n) is 3.35. The molecule has 20 heavy (non-hydrogen) atoms. The Morgan fingerprint density at radius 2 is 1.90 bits per heavy atom. The van der Waals surface area contributed by atoms with E-state index in [1.54, 1.807) is 18.2 Å². The number of aliphatic hydroxyl groups is 1. The van der Waals surface area contributed by atoms with Crippen molar-refractivity contribution in [3.05, 3.63) is 63.6 Å². The van der Waals surface area contributed by atoms with E-state index in [1.807, 2.05) is 0 Å². The SMILES string of the molecule is O[C@H]1CC(c2ccc(F)c(F)c2)Oc2ccc(Br)cc21. The number of fused-ring (bicyclic) bond motifs is 1. The van der Waals surface area contributed by atoms with E-state index < -0.39 is 23.8 Å². The van der Waals surface area contributed by atoms with Crippen LogP contribution < -0.4 is 4.74 Å². The van der Waals surface area contributed by atoms with Gasteiger partial charge in [0.15, 0.2) is 11.6 Å². The molecule has 2 aromatic carbocycles. The summed E-state index contributed by atoms with van der Waals surface area (Å²) >= 11 is 3.34. The fourth-order valence-corrected chi connectivity index (χ4v) is 2.71. The Morgan fingerprint density at radius 3 is 2.65 bits per heavy atom. The molecule has 0 radical (unpaired) electrons. The van der Waals surface area contributed by atoms with Gasteiger partial charge < -0.3 is 9.84 Å². The van der Waals surface area contributed by atoms with E-state index in [1.165, 1.54) is 6.07 Å². The first-order valence-corrected chi connectivity index (χ1v) is 6.93. The predicted molar refractivity (Wildman–Crippen MR) is 73.4 cm³/mol. The predicted octanol–water partition coefficient (Wildman–Crippen LogP) is 4.28. The molecule has 0 saturated carbocycles. The molecule has 2 aromatic rings. The summed E-state index contributed by atoms with van der Waals surface area (Å²) in [7, 11) is 0. The molecule has 0 bridgehead atoms. The molecule has 0 saturated heterocycles. The molecule has 1 aliphatic heterocycles. The second-order valence-corrected chi connectivity index (χ2v) is 5.63. The fourth-order valence-electron chi connectivity index (χ4n) is 2.33. The monoisotopic (exact) mass is 340 g/mol. The number of hydrogen-bond donors (Lipinski definition) is 1. The van der Waals surface area contributed by atoms with Crippen LogP contribution in [0.2, 0.25) is 0 Å². The zero-order chi connectivity index (χ0) is 14.3. The minimum absolute atomic E-state index is 0.300. The maximum Gasteiger partial charge on any atom is 0.159 e. The van der Waals surface area contributed by atoms with Gasteiger partial charge in [-0.25, -0.2) is 8.78 Å². The largest absolute Gasteiger partial charge is 0.485 e. The van der Waals surface area contributed by atoms with E-state index in [9.17, 15) is 13.9 Å². The zero-order valence-corrected chi connectivity index (χ0v) is 11.9. The smallest absolute Gasteiger partial charge is 0.159 e. The van der Waals surface area contributed by atoms with Crippen molar-refractivity contribution in [2.45, 2.75) is 18.6 Å². The van der Waals surface area contributed by atoms with Crippen molar-refractivity contribution < 1.29 is 18.6 Å². The molecular weight excluding hydrogens is 330 g/mol. The lowest BCUT2D eigenvalue weighted by atomic mass is 9.95. The van der Waals surface area contributed by atoms with Gasteiger partial charge in [0.1, 0.15) is 11.9 Å². The van der Waals surface area contributed by atoms with E-state index in [2.05, 4.69) is 15.9 Å². The van der Waals surface area contributed by atoms with E-state index >= 15 is 0 Å². The van der Waals surface area contributed by atoms with Crippen molar-refractivity contribution in [3.8, 4) is 5.75 Å². The van der Waals surface area contributed by atoms with Gasteiger partial charge in [0.2, 0.25) is 0 Å². The summed E-state index contributed by atoms with van der Waals surface area (Å²) in [6.07, 6.45) is -0.891. The maximum atomic E-state index is 13.3. The highest BCUT2D eigenvalue weighted by molar-refractivity contribution is 9.10. The summed E-state index contributed by atoms with van der Waals surface area (Å²) in [4.78, 5) is 0. The zero-order valence-electron chi connectivity index (χ0n) is 10.3. The van der Waals surface area contributed by atoms with Crippen molar-refractivity contribution in [3.63, 3.8) is 0 Å². The van der Waals surface area contributed by atoms with E-state index in [0.29, 0.717) is 23.3 Å². The van der Waals surface area contributed by atoms with Gasteiger partial charge in [0.05, 0.1) is 6.10 Å². The van der Waals surface area contributed by atoms with Gasteiger partial charge >= 0.3 is 0 Å². The second kappa shape index (κ2) is 5.14. The average molecular weight is 341 g/mol. The summed E-state index contributed by atoms with van der Waals surface area (Å²) in [5.74, 6) is -1.25. The normalized spacial score (nSPS) is 21.2. The number of hydrogen-bond acceptors (Lipinski definition) is 2. The number of halogens is 3. The van der Waals surface area contributed by atoms with Crippen LogP contribution in [0.1, 0.15) is 29.8 Å². The molecule has 1 unspecified atom stereocenters. The minimum Gasteiger partial charge on any atom is -0.485 e. The number of benzene rings is 2. The third kappa shape index (κ3) is 2.43. The van der Waals surface area contributed by atoms with Gasteiger partial charge in [0.25, 0.3) is 0 Å². The lowest BCUT2D eigenvalue weighted by Crippen LogP contribution is -2.19. The lowest BCUT2D eigenvalue weighted by Gasteiger charge is -2.30. The van der Waals surface area contributed by atoms with Crippen LogP contribution in [0.15, 0.2) is 40.9 Å². The highest BCUT2D eigenvalue weighted by atomic mass is 79.9. The molecule has 3 rings (SSSR count). The van der Waals surface area contributed by atoms with E-state index in [0.717, 1.165) is 16.6 Å². The van der Waals surface area contributed by atoms with Crippen LogP contribution in [0, 0.1) is 11.6 Å². The van der Waals surface area contributed by atoms with Crippen LogP contribution in [0.5, 0.6) is 5.75 Å². The molecule has 0 aromatic heterocycles. The van der Waals surface area contributed by atoms with Crippen LogP contribution >= 0.6 is 15.9 Å². The molecule has 0 fully saturated rings. The summed E-state index contributed by atoms with van der Waals surface area (Å²) in [6, 6.07) is 8.99. The molecule has 5 heteroatoms. The van der Waals surface area contributed by atoms with Crippen molar-refractivity contribution in [1.82, 2.24) is 0 Å². The lowest BCUT2D eigenvalue weighted by molar-refractivity contribution is 0.0655. The number of ether oxygens (including phenoxy) is 1. The number of rotatable bonds is 1. The number of aliphatic hydroxyl groups excluding tert-OH is 1. The molecule has 1 aliphatic rings. The van der Waals surface area contributed by atoms with E-state index in [-0.39, 0.29) is 0 Å². The maximum absolute atomic E-state index is 13.3. The standard InChI is InChI=1S/C15H11BrF2O2/c16-9-2-4-14-10(6-9)13(19)7-15(20-14)8-1-3-11(17)12(18)5-8/h1-6,13,15,19H,7H2/t13-,15?/m0/s1. The molecule has 0 amide bonds. The Kier molecular flexibility index (Phi) is 3.48. The van der Waals surface area contributed by atoms with Crippen LogP contribution in [-0.4, -0.2) is 5.11 Å². The summed E-state index contributed by atoms with van der Waals surface area (Å²) < 4.78 is 32.9. The first-order valence-electron chi connectivity index (χ1n) is 6.13. The molecule has 0 aliphatic carbocycles. The van der Waals surface area contributed by atoms with Gasteiger partial charge in [-0.1, -0.05) is 22.0 Å². The van der Waals surface area contributed by atoms with Gasteiger partial charge in [0, 0.05) is 16.5 Å². The Bertz CT molecular complexity index is 660. The summed E-state index contributed by atoms with van der Waals surface area (Å²) in [5, 5.41) is 10.2. The van der Waals surface area contributed by atoms with Crippen molar-refractivity contribution in [2.75, 3.05) is 0 Å². The first-order chi connectivity index (χ1) is 9.54. The second-order valence-electron chi connectivity index (χ2n) is 4.71. The Labute approximate surface area is 123 Å².